The fourth-order valence-corrected chi connectivity index (χ4v) is 3.53. The van der Waals surface area contributed by atoms with E-state index in [1.165, 1.54) is 70.6 Å². The smallest absolute Gasteiger partial charge is 0.0238 e. The van der Waals surface area contributed by atoms with Crippen molar-refractivity contribution in [1.82, 2.24) is 5.43 Å². The molecule has 1 rings (SSSR count). The first kappa shape index (κ1) is 16.0. The molecule has 0 bridgehead atoms. The predicted molar refractivity (Wildman–Crippen MR) is 80.2 cm³/mol. The van der Waals surface area contributed by atoms with Crippen LogP contribution in [0.1, 0.15) is 84.5 Å². The fourth-order valence-electron chi connectivity index (χ4n) is 3.53. The molecule has 1 saturated carbocycles. The Morgan fingerprint density at radius 3 is 2.28 bits per heavy atom. The minimum atomic E-state index is 0.574. The van der Waals surface area contributed by atoms with Crippen molar-refractivity contribution in [3.63, 3.8) is 0 Å². The zero-order valence-corrected chi connectivity index (χ0v) is 12.6. The summed E-state index contributed by atoms with van der Waals surface area (Å²) in [6, 6.07) is 0.574. The van der Waals surface area contributed by atoms with Gasteiger partial charge in [-0.25, -0.2) is 0 Å². The third kappa shape index (κ3) is 5.71. The molecular formula is C16H34N2. The van der Waals surface area contributed by atoms with E-state index in [0.717, 1.165) is 11.8 Å². The summed E-state index contributed by atoms with van der Waals surface area (Å²) in [6.45, 7) is 4.58. The zero-order valence-electron chi connectivity index (χ0n) is 12.6. The van der Waals surface area contributed by atoms with Gasteiger partial charge in [-0.3, -0.25) is 11.3 Å². The Morgan fingerprint density at radius 1 is 1.00 bits per heavy atom. The lowest BCUT2D eigenvalue weighted by Crippen LogP contribution is -2.42. The van der Waals surface area contributed by atoms with Crippen molar-refractivity contribution in [2.24, 2.45) is 17.7 Å². The Bertz CT molecular complexity index is 183. The molecule has 0 amide bonds. The molecule has 0 aromatic carbocycles. The van der Waals surface area contributed by atoms with Gasteiger partial charge >= 0.3 is 0 Å². The second-order valence-corrected chi connectivity index (χ2v) is 6.19. The Kier molecular flexibility index (Phi) is 8.70. The lowest BCUT2D eigenvalue weighted by Gasteiger charge is -2.33. The summed E-state index contributed by atoms with van der Waals surface area (Å²) < 4.78 is 0. The van der Waals surface area contributed by atoms with Crippen LogP contribution in [-0.4, -0.2) is 6.04 Å². The van der Waals surface area contributed by atoms with Crippen LogP contribution in [-0.2, 0) is 0 Å². The van der Waals surface area contributed by atoms with Gasteiger partial charge in [0, 0.05) is 6.04 Å². The Morgan fingerprint density at radius 2 is 1.72 bits per heavy atom. The molecule has 1 aliphatic rings. The summed E-state index contributed by atoms with van der Waals surface area (Å²) in [5.41, 5.74) is 3.10. The third-order valence-corrected chi connectivity index (χ3v) is 4.74. The van der Waals surface area contributed by atoms with E-state index in [-0.39, 0.29) is 0 Å². The van der Waals surface area contributed by atoms with E-state index in [9.17, 15) is 0 Å². The molecule has 18 heavy (non-hydrogen) atoms. The van der Waals surface area contributed by atoms with Crippen molar-refractivity contribution in [3.05, 3.63) is 0 Å². The molecule has 0 spiro atoms. The highest BCUT2D eigenvalue weighted by Crippen LogP contribution is 2.34. The number of hydrogen-bond donors (Lipinski definition) is 2. The van der Waals surface area contributed by atoms with Gasteiger partial charge < -0.3 is 0 Å². The average Bonchev–Trinajstić information content (AvgIpc) is 2.41. The zero-order chi connectivity index (χ0) is 13.2. The van der Waals surface area contributed by atoms with E-state index in [4.69, 9.17) is 5.84 Å². The average molecular weight is 254 g/mol. The summed E-state index contributed by atoms with van der Waals surface area (Å²) in [4.78, 5) is 0. The lowest BCUT2D eigenvalue weighted by molar-refractivity contribution is 0.205. The van der Waals surface area contributed by atoms with E-state index in [1.807, 2.05) is 0 Å². The van der Waals surface area contributed by atoms with Crippen LogP contribution < -0.4 is 11.3 Å². The molecule has 3 N–H and O–H groups in total. The molecule has 1 aliphatic carbocycles. The summed E-state index contributed by atoms with van der Waals surface area (Å²) >= 11 is 0. The Labute approximate surface area is 114 Å². The van der Waals surface area contributed by atoms with Gasteiger partial charge in [-0.15, -0.1) is 0 Å². The van der Waals surface area contributed by atoms with Gasteiger partial charge in [-0.05, 0) is 31.1 Å². The van der Waals surface area contributed by atoms with Gasteiger partial charge in [-0.1, -0.05) is 65.2 Å². The molecule has 108 valence electrons. The number of nitrogens with two attached hydrogens (primary N) is 1. The highest BCUT2D eigenvalue weighted by atomic mass is 15.2. The van der Waals surface area contributed by atoms with Crippen molar-refractivity contribution in [2.45, 2.75) is 90.5 Å². The van der Waals surface area contributed by atoms with Gasteiger partial charge in [0.05, 0.1) is 0 Å². The summed E-state index contributed by atoms with van der Waals surface area (Å²) in [6.07, 6.45) is 15.1. The topological polar surface area (TPSA) is 38.0 Å². The molecule has 2 heteroatoms. The largest absolute Gasteiger partial charge is 0.271 e. The van der Waals surface area contributed by atoms with Gasteiger partial charge in [0.2, 0.25) is 0 Å². The minimum Gasteiger partial charge on any atom is -0.271 e. The normalized spacial score (nSPS) is 26.2. The number of hydrogen-bond acceptors (Lipinski definition) is 2. The Balaban J connectivity index is 2.20. The molecular weight excluding hydrogens is 220 g/mol. The van der Waals surface area contributed by atoms with Crippen LogP contribution in [0.25, 0.3) is 0 Å². The second kappa shape index (κ2) is 9.80. The van der Waals surface area contributed by atoms with Crippen LogP contribution in [0.15, 0.2) is 0 Å². The van der Waals surface area contributed by atoms with Crippen molar-refractivity contribution in [2.75, 3.05) is 0 Å². The third-order valence-electron chi connectivity index (χ3n) is 4.74. The van der Waals surface area contributed by atoms with Gasteiger partial charge in [-0.2, -0.15) is 0 Å². The molecule has 0 aliphatic heterocycles. The molecule has 0 radical (unpaired) electrons. The van der Waals surface area contributed by atoms with Crippen LogP contribution in [0, 0.1) is 11.8 Å². The maximum atomic E-state index is 5.76. The van der Waals surface area contributed by atoms with Crippen LogP contribution >= 0.6 is 0 Å². The quantitative estimate of drug-likeness (QED) is 0.364. The molecule has 1 fully saturated rings. The predicted octanol–water partition coefficient (Wildman–Crippen LogP) is 4.40. The number of rotatable bonds is 9. The van der Waals surface area contributed by atoms with Crippen molar-refractivity contribution >= 4 is 0 Å². The molecule has 1 unspecified atom stereocenters. The SMILES string of the molecule is CCCCCCC(NN)C1CCC(CCC)CC1. The molecule has 0 aromatic rings. The first-order valence-corrected chi connectivity index (χ1v) is 8.27. The van der Waals surface area contributed by atoms with Crippen LogP contribution in [0.5, 0.6) is 0 Å². The van der Waals surface area contributed by atoms with Crippen molar-refractivity contribution < 1.29 is 0 Å². The van der Waals surface area contributed by atoms with E-state index in [2.05, 4.69) is 19.3 Å². The van der Waals surface area contributed by atoms with Crippen LogP contribution in [0.3, 0.4) is 0 Å². The second-order valence-electron chi connectivity index (χ2n) is 6.19. The number of nitrogens with one attached hydrogen (secondary N) is 1. The van der Waals surface area contributed by atoms with Gasteiger partial charge in [0.15, 0.2) is 0 Å². The summed E-state index contributed by atoms with van der Waals surface area (Å²) in [5, 5.41) is 0. The maximum Gasteiger partial charge on any atom is 0.0238 e. The van der Waals surface area contributed by atoms with Gasteiger partial charge in [0.1, 0.15) is 0 Å². The first-order chi connectivity index (χ1) is 8.81. The van der Waals surface area contributed by atoms with E-state index in [1.54, 1.807) is 0 Å². The standard InChI is InChI=1S/C16H34N2/c1-3-5-6-7-9-16(18-17)15-12-10-14(8-4-2)11-13-15/h14-16,18H,3-13,17H2,1-2H3. The summed E-state index contributed by atoms with van der Waals surface area (Å²) in [5.74, 6) is 7.60. The molecule has 0 heterocycles. The fraction of sp³-hybridized carbons (Fsp3) is 1.00. The molecule has 2 nitrogen and oxygen atoms in total. The van der Waals surface area contributed by atoms with E-state index >= 15 is 0 Å². The van der Waals surface area contributed by atoms with Crippen LogP contribution in [0.4, 0.5) is 0 Å². The maximum absolute atomic E-state index is 5.76. The van der Waals surface area contributed by atoms with Crippen LogP contribution in [0.2, 0.25) is 0 Å². The van der Waals surface area contributed by atoms with E-state index < -0.39 is 0 Å². The van der Waals surface area contributed by atoms with Gasteiger partial charge in [0.25, 0.3) is 0 Å². The first-order valence-electron chi connectivity index (χ1n) is 8.27. The molecule has 0 saturated heterocycles. The highest BCUT2D eigenvalue weighted by molar-refractivity contribution is 4.80. The number of hydrazine groups is 1. The monoisotopic (exact) mass is 254 g/mol. The minimum absolute atomic E-state index is 0.574. The summed E-state index contributed by atoms with van der Waals surface area (Å²) in [7, 11) is 0. The number of unbranched alkanes of at least 4 members (excludes halogenated alkanes) is 3. The van der Waals surface area contributed by atoms with Crippen molar-refractivity contribution in [1.29, 1.82) is 0 Å². The molecule has 1 atom stereocenters. The van der Waals surface area contributed by atoms with Crippen molar-refractivity contribution in [3.8, 4) is 0 Å². The van der Waals surface area contributed by atoms with E-state index in [0.29, 0.717) is 6.04 Å². The Hall–Kier alpha value is -0.0800. The lowest BCUT2D eigenvalue weighted by atomic mass is 9.76. The molecule has 0 aromatic heterocycles. The highest BCUT2D eigenvalue weighted by Gasteiger charge is 2.26.